The van der Waals surface area contributed by atoms with E-state index in [9.17, 15) is 0 Å². The van der Waals surface area contributed by atoms with Gasteiger partial charge in [0.25, 0.3) is 0 Å². The van der Waals surface area contributed by atoms with Crippen LogP contribution < -0.4 is 10.1 Å². The number of rotatable bonds is 5. The quantitative estimate of drug-likeness (QED) is 0.289. The Bertz CT molecular complexity index is 1420. The fraction of sp³-hybridized carbons (Fsp3) is 0.0769. The van der Waals surface area contributed by atoms with Crippen molar-refractivity contribution >= 4 is 44.7 Å². The zero-order valence-electron chi connectivity index (χ0n) is 17.6. The summed E-state index contributed by atoms with van der Waals surface area (Å²) in [5.41, 5.74) is 5.47. The second kappa shape index (κ2) is 8.61. The first-order valence-corrected chi connectivity index (χ1v) is 11.4. The third-order valence-electron chi connectivity index (χ3n) is 5.21. The number of ether oxygens (including phenoxy) is 1. The molecule has 0 saturated heterocycles. The second-order valence-corrected chi connectivity index (χ2v) is 8.85. The van der Waals surface area contributed by atoms with Crippen LogP contribution in [0.5, 0.6) is 11.5 Å². The lowest BCUT2D eigenvalue weighted by Crippen LogP contribution is -1.98. The van der Waals surface area contributed by atoms with Crippen LogP contribution in [0, 0.1) is 13.8 Å². The number of aromatic nitrogens is 2. The molecule has 0 bridgehead atoms. The minimum Gasteiger partial charge on any atom is -0.455 e. The summed E-state index contributed by atoms with van der Waals surface area (Å²) >= 11 is 7.93. The van der Waals surface area contributed by atoms with E-state index in [4.69, 9.17) is 16.3 Å². The molecule has 3 aromatic carbocycles. The highest BCUT2D eigenvalue weighted by atomic mass is 35.5. The van der Waals surface area contributed by atoms with E-state index in [0.29, 0.717) is 16.6 Å². The number of halogens is 1. The van der Waals surface area contributed by atoms with Crippen molar-refractivity contribution in [2.75, 3.05) is 5.32 Å². The summed E-state index contributed by atoms with van der Waals surface area (Å²) in [6, 6.07) is 21.7. The lowest BCUT2D eigenvalue weighted by atomic mass is 9.99. The third-order valence-corrected chi connectivity index (χ3v) is 6.33. The van der Waals surface area contributed by atoms with Crippen LogP contribution in [0.25, 0.3) is 21.3 Å². The topological polar surface area (TPSA) is 47.0 Å². The number of anilines is 2. The number of nitrogens with zero attached hydrogens (tertiary/aromatic N) is 2. The van der Waals surface area contributed by atoms with Gasteiger partial charge in [0.1, 0.15) is 22.7 Å². The standard InChI is InChI=1S/C26H20ClN3OS/c1-16-8-10-20(17(2)12-16)21-14-32-26-24(21)25(28-15-29-26)30-22-13-18(27)9-11-23(22)31-19-6-4-3-5-7-19/h3-15H,1-2H3,(H,28,29,30). The molecule has 6 heteroatoms. The first-order valence-electron chi connectivity index (χ1n) is 10.2. The van der Waals surface area contributed by atoms with Gasteiger partial charge in [0.05, 0.1) is 11.1 Å². The summed E-state index contributed by atoms with van der Waals surface area (Å²) in [6.45, 7) is 4.23. The van der Waals surface area contributed by atoms with Crippen molar-refractivity contribution in [2.45, 2.75) is 13.8 Å². The third kappa shape index (κ3) is 4.05. The molecule has 5 rings (SSSR count). The van der Waals surface area contributed by atoms with Gasteiger partial charge in [-0.15, -0.1) is 11.3 Å². The van der Waals surface area contributed by atoms with E-state index in [1.807, 2.05) is 48.5 Å². The zero-order valence-corrected chi connectivity index (χ0v) is 19.2. The van der Waals surface area contributed by atoms with Gasteiger partial charge in [0.2, 0.25) is 0 Å². The lowest BCUT2D eigenvalue weighted by Gasteiger charge is -2.14. The lowest BCUT2D eigenvalue weighted by molar-refractivity contribution is 0.485. The van der Waals surface area contributed by atoms with E-state index in [1.54, 1.807) is 17.7 Å². The van der Waals surface area contributed by atoms with Crippen molar-refractivity contribution in [1.82, 2.24) is 9.97 Å². The van der Waals surface area contributed by atoms with E-state index >= 15 is 0 Å². The molecule has 0 atom stereocenters. The molecule has 4 nitrogen and oxygen atoms in total. The summed E-state index contributed by atoms with van der Waals surface area (Å²) in [5, 5.41) is 7.18. The highest BCUT2D eigenvalue weighted by molar-refractivity contribution is 7.17. The van der Waals surface area contributed by atoms with Crippen LogP contribution in [0.15, 0.2) is 78.4 Å². The second-order valence-electron chi connectivity index (χ2n) is 7.55. The molecule has 158 valence electrons. The Balaban J connectivity index is 1.60. The number of para-hydroxylation sites is 1. The number of nitrogens with one attached hydrogen (secondary N) is 1. The Hall–Kier alpha value is -3.41. The van der Waals surface area contributed by atoms with Crippen molar-refractivity contribution in [3.05, 3.63) is 94.6 Å². The summed E-state index contributed by atoms with van der Waals surface area (Å²) in [7, 11) is 0. The van der Waals surface area contributed by atoms with Gasteiger partial charge in [0.15, 0.2) is 5.75 Å². The monoisotopic (exact) mass is 457 g/mol. The van der Waals surface area contributed by atoms with Gasteiger partial charge in [0, 0.05) is 16.0 Å². The Morgan fingerprint density at radius 2 is 1.75 bits per heavy atom. The molecule has 0 aliphatic carbocycles. The molecule has 32 heavy (non-hydrogen) atoms. The van der Waals surface area contributed by atoms with Crippen molar-refractivity contribution in [2.24, 2.45) is 0 Å². The van der Waals surface area contributed by atoms with Gasteiger partial charge in [-0.25, -0.2) is 9.97 Å². The maximum Gasteiger partial charge on any atom is 0.151 e. The maximum atomic E-state index is 6.32. The van der Waals surface area contributed by atoms with Gasteiger partial charge >= 0.3 is 0 Å². The molecule has 0 radical (unpaired) electrons. The largest absolute Gasteiger partial charge is 0.455 e. The van der Waals surface area contributed by atoms with E-state index in [0.717, 1.165) is 27.2 Å². The van der Waals surface area contributed by atoms with E-state index in [2.05, 4.69) is 52.7 Å². The van der Waals surface area contributed by atoms with Gasteiger partial charge in [-0.05, 0) is 55.3 Å². The van der Waals surface area contributed by atoms with Gasteiger partial charge < -0.3 is 10.1 Å². The maximum absolute atomic E-state index is 6.32. The number of hydrogen-bond donors (Lipinski definition) is 1. The average Bonchev–Trinajstić information content (AvgIpc) is 3.21. The average molecular weight is 458 g/mol. The van der Waals surface area contributed by atoms with Gasteiger partial charge in [-0.2, -0.15) is 0 Å². The molecule has 2 heterocycles. The Labute approximate surface area is 195 Å². The normalized spacial score (nSPS) is 11.0. The number of benzene rings is 3. The molecule has 1 N–H and O–H groups in total. The van der Waals surface area contributed by atoms with Crippen LogP contribution >= 0.6 is 22.9 Å². The van der Waals surface area contributed by atoms with Crippen molar-refractivity contribution in [3.63, 3.8) is 0 Å². The van der Waals surface area contributed by atoms with E-state index in [-0.39, 0.29) is 0 Å². The SMILES string of the molecule is Cc1ccc(-c2csc3ncnc(Nc4cc(Cl)ccc4Oc4ccccc4)c23)c(C)c1. The van der Waals surface area contributed by atoms with Crippen molar-refractivity contribution < 1.29 is 4.74 Å². The first-order chi connectivity index (χ1) is 15.6. The molecule has 0 spiro atoms. The zero-order chi connectivity index (χ0) is 22.1. The van der Waals surface area contributed by atoms with Gasteiger partial charge in [-0.3, -0.25) is 0 Å². The van der Waals surface area contributed by atoms with Crippen molar-refractivity contribution in [3.8, 4) is 22.6 Å². The number of fused-ring (bicyclic) bond motifs is 1. The fourth-order valence-corrected chi connectivity index (χ4v) is 4.79. The molecular weight excluding hydrogens is 438 g/mol. The smallest absolute Gasteiger partial charge is 0.151 e. The van der Waals surface area contributed by atoms with Crippen LogP contribution in [0.2, 0.25) is 5.02 Å². The molecule has 0 saturated carbocycles. The number of aryl methyl sites for hydroxylation is 2. The number of thiophene rings is 1. The Morgan fingerprint density at radius 1 is 0.906 bits per heavy atom. The molecular formula is C26H20ClN3OS. The van der Waals surface area contributed by atoms with Gasteiger partial charge in [-0.1, -0.05) is 53.6 Å². The molecule has 0 unspecified atom stereocenters. The highest BCUT2D eigenvalue weighted by Gasteiger charge is 2.16. The minimum absolute atomic E-state index is 0.609. The van der Waals surface area contributed by atoms with Crippen LogP contribution in [0.3, 0.4) is 0 Å². The molecule has 0 fully saturated rings. The summed E-state index contributed by atoms with van der Waals surface area (Å²) in [6.07, 6.45) is 1.58. The van der Waals surface area contributed by atoms with Crippen LogP contribution in [-0.4, -0.2) is 9.97 Å². The first kappa shape index (κ1) is 20.5. The van der Waals surface area contributed by atoms with E-state index in [1.165, 1.54) is 16.7 Å². The molecule has 0 amide bonds. The van der Waals surface area contributed by atoms with E-state index < -0.39 is 0 Å². The molecule has 5 aromatic rings. The minimum atomic E-state index is 0.609. The Kier molecular flexibility index (Phi) is 5.52. The molecule has 0 aliphatic rings. The fourth-order valence-electron chi connectivity index (χ4n) is 3.72. The number of hydrogen-bond acceptors (Lipinski definition) is 5. The Morgan fingerprint density at radius 3 is 2.56 bits per heavy atom. The summed E-state index contributed by atoms with van der Waals surface area (Å²) in [5.74, 6) is 2.12. The molecule has 2 aromatic heterocycles. The van der Waals surface area contributed by atoms with Crippen LogP contribution in [0.1, 0.15) is 11.1 Å². The predicted octanol–water partition coefficient (Wildman–Crippen LogP) is 8.16. The summed E-state index contributed by atoms with van der Waals surface area (Å²) < 4.78 is 6.12. The highest BCUT2D eigenvalue weighted by Crippen LogP contribution is 2.41. The van der Waals surface area contributed by atoms with Crippen molar-refractivity contribution in [1.29, 1.82) is 0 Å². The van der Waals surface area contributed by atoms with Crippen LogP contribution in [0.4, 0.5) is 11.5 Å². The summed E-state index contributed by atoms with van der Waals surface area (Å²) in [4.78, 5) is 9.99. The van der Waals surface area contributed by atoms with Crippen LogP contribution in [-0.2, 0) is 0 Å². The predicted molar refractivity (Wildman–Crippen MR) is 134 cm³/mol. The molecule has 0 aliphatic heterocycles.